The lowest BCUT2D eigenvalue weighted by Gasteiger charge is -2.34. The van der Waals surface area contributed by atoms with E-state index in [-0.39, 0.29) is 23.6 Å². The Bertz CT molecular complexity index is 1760. The number of aryl methyl sites for hydroxylation is 1. The maximum absolute atomic E-state index is 13.5. The molecule has 2 fully saturated rings. The fourth-order valence-corrected chi connectivity index (χ4v) is 7.41. The number of hydrogen-bond donors (Lipinski definition) is 3. The topological polar surface area (TPSA) is 114 Å². The molecule has 240 valence electrons. The Morgan fingerprint density at radius 2 is 1.78 bits per heavy atom. The second kappa shape index (κ2) is 12.5. The minimum absolute atomic E-state index is 0.0952. The Labute approximate surface area is 270 Å². The largest absolute Gasteiger partial charge is 0.353 e. The van der Waals surface area contributed by atoms with E-state index in [1.165, 1.54) is 16.8 Å². The smallest absolute Gasteiger partial charge is 0.254 e. The quantitative estimate of drug-likeness (QED) is 0.181. The molecule has 1 aliphatic carbocycles. The summed E-state index contributed by atoms with van der Waals surface area (Å²) in [5.41, 5.74) is 8.83. The van der Waals surface area contributed by atoms with E-state index in [0.717, 1.165) is 105 Å². The van der Waals surface area contributed by atoms with Crippen molar-refractivity contribution in [3.8, 4) is 11.4 Å². The van der Waals surface area contributed by atoms with Gasteiger partial charge in [0.05, 0.1) is 11.6 Å². The van der Waals surface area contributed by atoms with Gasteiger partial charge in [-0.3, -0.25) is 29.7 Å². The van der Waals surface area contributed by atoms with E-state index >= 15 is 0 Å². The summed E-state index contributed by atoms with van der Waals surface area (Å²) in [6.07, 6.45) is 7.38. The Morgan fingerprint density at radius 1 is 0.978 bits per heavy atom. The Hall–Kier alpha value is -4.24. The van der Waals surface area contributed by atoms with Gasteiger partial charge in [0.15, 0.2) is 0 Å². The van der Waals surface area contributed by atoms with Crippen LogP contribution in [0.5, 0.6) is 0 Å². The van der Waals surface area contributed by atoms with E-state index in [1.54, 1.807) is 0 Å². The van der Waals surface area contributed by atoms with Crippen LogP contribution in [0, 0.1) is 5.41 Å². The zero-order valence-corrected chi connectivity index (χ0v) is 27.0. The highest BCUT2D eigenvalue weighted by atomic mass is 16.2. The number of unbranched alkanes of at least 4 members (excludes halogenated alkanes) is 1. The molecule has 4 heterocycles. The molecule has 0 saturated carbocycles. The van der Waals surface area contributed by atoms with Gasteiger partial charge in [0.1, 0.15) is 5.69 Å². The number of H-pyrrole nitrogens is 2. The molecule has 0 bridgehead atoms. The number of aromatic nitrogens is 3. The SMILES string of the molecule is CC1(C)CCc2c(-c3cc4ccc(C(=O)N5CCN(CCCCc6ccc(C7CCC(=O)NC7=O)cc6)CC5)cc4[nH]3)n[nH]c2C1. The number of rotatable bonds is 8. The molecule has 7 rings (SSSR count). The Morgan fingerprint density at radius 3 is 2.57 bits per heavy atom. The third kappa shape index (κ3) is 6.38. The second-order valence-corrected chi connectivity index (χ2v) is 14.2. The van der Waals surface area contributed by atoms with Gasteiger partial charge in [0, 0.05) is 60.3 Å². The lowest BCUT2D eigenvalue weighted by molar-refractivity contribution is -0.134. The summed E-state index contributed by atoms with van der Waals surface area (Å²) >= 11 is 0. The third-order valence-corrected chi connectivity index (χ3v) is 10.3. The van der Waals surface area contributed by atoms with Gasteiger partial charge in [0.25, 0.3) is 5.91 Å². The van der Waals surface area contributed by atoms with E-state index in [0.29, 0.717) is 18.3 Å². The van der Waals surface area contributed by atoms with Crippen molar-refractivity contribution >= 4 is 28.6 Å². The molecule has 46 heavy (non-hydrogen) atoms. The Balaban J connectivity index is 0.878. The van der Waals surface area contributed by atoms with Crippen LogP contribution in [-0.2, 0) is 28.9 Å². The first-order valence-electron chi connectivity index (χ1n) is 16.9. The number of amides is 3. The van der Waals surface area contributed by atoms with Crippen molar-refractivity contribution in [2.45, 2.75) is 71.1 Å². The summed E-state index contributed by atoms with van der Waals surface area (Å²) in [4.78, 5) is 45.0. The summed E-state index contributed by atoms with van der Waals surface area (Å²) in [5, 5.41) is 11.5. The van der Waals surface area contributed by atoms with Crippen LogP contribution in [0.15, 0.2) is 48.5 Å². The van der Waals surface area contributed by atoms with E-state index < -0.39 is 0 Å². The molecule has 2 saturated heterocycles. The molecular formula is C37H44N6O3. The molecule has 1 unspecified atom stereocenters. The maximum atomic E-state index is 13.5. The number of imide groups is 1. The molecule has 2 aromatic heterocycles. The van der Waals surface area contributed by atoms with Crippen LogP contribution in [0.3, 0.4) is 0 Å². The molecule has 3 aliphatic rings. The molecular weight excluding hydrogens is 576 g/mol. The van der Waals surface area contributed by atoms with E-state index in [4.69, 9.17) is 0 Å². The number of piperazine rings is 1. The number of carbonyl (C=O) groups excluding carboxylic acids is 3. The van der Waals surface area contributed by atoms with Gasteiger partial charge in [0.2, 0.25) is 11.8 Å². The van der Waals surface area contributed by atoms with Crippen molar-refractivity contribution in [1.29, 1.82) is 0 Å². The third-order valence-electron chi connectivity index (χ3n) is 10.3. The Kier molecular flexibility index (Phi) is 8.27. The number of aromatic amines is 2. The molecule has 2 aliphatic heterocycles. The molecule has 4 aromatic rings. The molecule has 1 atom stereocenters. The van der Waals surface area contributed by atoms with Crippen LogP contribution in [0.1, 0.15) is 84.6 Å². The minimum atomic E-state index is -0.229. The van der Waals surface area contributed by atoms with Gasteiger partial charge in [-0.05, 0) is 86.2 Å². The van der Waals surface area contributed by atoms with Crippen LogP contribution in [-0.4, -0.2) is 75.4 Å². The monoisotopic (exact) mass is 620 g/mol. The fourth-order valence-electron chi connectivity index (χ4n) is 7.41. The molecule has 3 N–H and O–H groups in total. The number of fused-ring (bicyclic) bond motifs is 2. The maximum Gasteiger partial charge on any atom is 0.254 e. The number of carbonyl (C=O) groups is 3. The second-order valence-electron chi connectivity index (χ2n) is 14.2. The van der Waals surface area contributed by atoms with Gasteiger partial charge >= 0.3 is 0 Å². The highest BCUT2D eigenvalue weighted by Crippen LogP contribution is 2.38. The molecule has 2 aromatic carbocycles. The van der Waals surface area contributed by atoms with Gasteiger partial charge < -0.3 is 9.88 Å². The van der Waals surface area contributed by atoms with Crippen molar-refractivity contribution < 1.29 is 14.4 Å². The lowest BCUT2D eigenvalue weighted by atomic mass is 9.76. The van der Waals surface area contributed by atoms with Crippen molar-refractivity contribution in [1.82, 2.24) is 30.3 Å². The van der Waals surface area contributed by atoms with Gasteiger partial charge in [-0.15, -0.1) is 0 Å². The lowest BCUT2D eigenvalue weighted by Crippen LogP contribution is -2.48. The molecule has 0 radical (unpaired) electrons. The van der Waals surface area contributed by atoms with E-state index in [2.05, 4.69) is 57.4 Å². The first-order valence-corrected chi connectivity index (χ1v) is 16.9. The zero-order chi connectivity index (χ0) is 31.8. The summed E-state index contributed by atoms with van der Waals surface area (Å²) in [7, 11) is 0. The fraction of sp³-hybridized carbons (Fsp3) is 0.459. The van der Waals surface area contributed by atoms with Gasteiger partial charge in [-0.1, -0.05) is 44.2 Å². The highest BCUT2D eigenvalue weighted by Gasteiger charge is 2.30. The number of nitrogens with zero attached hydrogens (tertiary/aromatic N) is 3. The first-order chi connectivity index (χ1) is 22.2. The average molecular weight is 621 g/mol. The summed E-state index contributed by atoms with van der Waals surface area (Å²) in [5.74, 6) is -0.498. The predicted octanol–water partition coefficient (Wildman–Crippen LogP) is 5.37. The van der Waals surface area contributed by atoms with Crippen molar-refractivity contribution in [3.63, 3.8) is 0 Å². The number of benzene rings is 2. The van der Waals surface area contributed by atoms with Crippen molar-refractivity contribution in [3.05, 3.63) is 76.5 Å². The number of hydrogen-bond acceptors (Lipinski definition) is 5. The van der Waals surface area contributed by atoms with Gasteiger partial charge in [-0.25, -0.2) is 0 Å². The number of piperidine rings is 1. The summed E-state index contributed by atoms with van der Waals surface area (Å²) < 4.78 is 0. The number of nitrogens with one attached hydrogen (secondary N) is 3. The zero-order valence-electron chi connectivity index (χ0n) is 27.0. The standard InChI is InChI=1S/C37H44N6O3/c1-37(2)15-14-29-32(23-37)40-41-34(29)31-21-26-10-11-27(22-30(26)38-31)36(46)43-19-17-42(18-20-43)16-4-3-5-24-6-8-25(9-7-24)28-12-13-33(44)39-35(28)45/h6-11,21-22,28,38H,3-5,12-20,23H2,1-2H3,(H,40,41)(H,39,44,45). The molecule has 9 heteroatoms. The van der Waals surface area contributed by atoms with Crippen LogP contribution < -0.4 is 5.32 Å². The highest BCUT2D eigenvalue weighted by molar-refractivity contribution is 6.01. The normalized spacial score (nSPS) is 20.1. The van der Waals surface area contributed by atoms with Gasteiger partial charge in [-0.2, -0.15) is 5.10 Å². The summed E-state index contributed by atoms with van der Waals surface area (Å²) in [6, 6.07) is 16.4. The van der Waals surface area contributed by atoms with Crippen molar-refractivity contribution in [2.75, 3.05) is 32.7 Å². The van der Waals surface area contributed by atoms with Crippen LogP contribution >= 0.6 is 0 Å². The van der Waals surface area contributed by atoms with Crippen molar-refractivity contribution in [2.24, 2.45) is 5.41 Å². The molecule has 9 nitrogen and oxygen atoms in total. The molecule has 3 amide bonds. The average Bonchev–Trinajstić information content (AvgIpc) is 3.66. The predicted molar refractivity (Wildman–Crippen MR) is 179 cm³/mol. The van der Waals surface area contributed by atoms with E-state index in [9.17, 15) is 14.4 Å². The molecule has 0 spiro atoms. The van der Waals surface area contributed by atoms with Crippen LogP contribution in [0.4, 0.5) is 0 Å². The minimum Gasteiger partial charge on any atom is -0.353 e. The van der Waals surface area contributed by atoms with Crippen LogP contribution in [0.25, 0.3) is 22.3 Å². The van der Waals surface area contributed by atoms with Crippen LogP contribution in [0.2, 0.25) is 0 Å². The van der Waals surface area contributed by atoms with E-state index in [1.807, 2.05) is 35.2 Å². The summed E-state index contributed by atoms with van der Waals surface area (Å²) in [6.45, 7) is 8.92. The first kappa shape index (κ1) is 30.4.